The van der Waals surface area contributed by atoms with Crippen LogP contribution in [0.4, 0.5) is 9.59 Å². The Kier molecular flexibility index (Phi) is 12.9. The molecule has 0 heterocycles. The van der Waals surface area contributed by atoms with Gasteiger partial charge in [-0.15, -0.1) is 0 Å². The van der Waals surface area contributed by atoms with Gasteiger partial charge in [0.25, 0.3) is 0 Å². The summed E-state index contributed by atoms with van der Waals surface area (Å²) in [4.78, 5) is 45.4. The standard InChI is InChI=1S/C17H26O10/c1-22-14(18)13(15(19)23-2)10-6-5-8-12(27-17(21)25-4)9-7-11-26-16(20)24-3/h7,9,12-13H,5-6,8,10-11H2,1-4H3/b9-7+. The van der Waals surface area contributed by atoms with Crippen LogP contribution in [0.25, 0.3) is 0 Å². The van der Waals surface area contributed by atoms with Crippen LogP contribution in [-0.2, 0) is 38.0 Å². The van der Waals surface area contributed by atoms with Crippen LogP contribution >= 0.6 is 0 Å². The summed E-state index contributed by atoms with van der Waals surface area (Å²) in [5.74, 6) is -2.32. The molecule has 0 N–H and O–H groups in total. The smallest absolute Gasteiger partial charge is 0.468 e. The lowest BCUT2D eigenvalue weighted by atomic mass is 10.00. The minimum absolute atomic E-state index is 0.0551. The average Bonchev–Trinajstić information content (AvgIpc) is 2.69. The molecule has 154 valence electrons. The number of hydrogen-bond donors (Lipinski definition) is 0. The van der Waals surface area contributed by atoms with E-state index in [0.29, 0.717) is 19.3 Å². The van der Waals surface area contributed by atoms with Gasteiger partial charge < -0.3 is 28.4 Å². The number of ether oxygens (including phenoxy) is 6. The minimum Gasteiger partial charge on any atom is -0.468 e. The number of unbranched alkanes of at least 4 members (excludes halogenated alkanes) is 1. The van der Waals surface area contributed by atoms with Crippen LogP contribution in [0, 0.1) is 5.92 Å². The highest BCUT2D eigenvalue weighted by Crippen LogP contribution is 2.16. The second-order valence-electron chi connectivity index (χ2n) is 5.19. The molecule has 0 aliphatic rings. The summed E-state index contributed by atoms with van der Waals surface area (Å²) in [6.07, 6.45) is 2.37. The zero-order valence-electron chi connectivity index (χ0n) is 15.9. The van der Waals surface area contributed by atoms with Crippen LogP contribution in [0.15, 0.2) is 12.2 Å². The van der Waals surface area contributed by atoms with E-state index in [9.17, 15) is 19.2 Å². The van der Waals surface area contributed by atoms with E-state index >= 15 is 0 Å². The van der Waals surface area contributed by atoms with Crippen molar-refractivity contribution in [2.75, 3.05) is 35.0 Å². The van der Waals surface area contributed by atoms with E-state index in [1.54, 1.807) is 0 Å². The largest absolute Gasteiger partial charge is 0.508 e. The lowest BCUT2D eigenvalue weighted by molar-refractivity contribution is -0.159. The Labute approximate surface area is 157 Å². The van der Waals surface area contributed by atoms with Crippen molar-refractivity contribution >= 4 is 24.2 Å². The lowest BCUT2D eigenvalue weighted by Gasteiger charge is -2.15. The van der Waals surface area contributed by atoms with E-state index in [-0.39, 0.29) is 13.0 Å². The highest BCUT2D eigenvalue weighted by Gasteiger charge is 2.28. The van der Waals surface area contributed by atoms with Gasteiger partial charge in [0.1, 0.15) is 12.7 Å². The van der Waals surface area contributed by atoms with E-state index in [0.717, 1.165) is 0 Å². The maximum absolute atomic E-state index is 11.6. The zero-order valence-corrected chi connectivity index (χ0v) is 15.9. The molecule has 0 bridgehead atoms. The molecule has 0 fully saturated rings. The topological polar surface area (TPSA) is 124 Å². The fraction of sp³-hybridized carbons (Fsp3) is 0.647. The Morgan fingerprint density at radius 2 is 1.33 bits per heavy atom. The Morgan fingerprint density at radius 1 is 0.778 bits per heavy atom. The first-order chi connectivity index (χ1) is 12.9. The second-order valence-corrected chi connectivity index (χ2v) is 5.19. The molecular formula is C17H26O10. The van der Waals surface area contributed by atoms with Gasteiger partial charge in [0.05, 0.1) is 28.4 Å². The predicted octanol–water partition coefficient (Wildman–Crippen LogP) is 2.00. The van der Waals surface area contributed by atoms with E-state index < -0.39 is 36.3 Å². The summed E-state index contributed by atoms with van der Waals surface area (Å²) in [6.45, 7) is -0.0551. The van der Waals surface area contributed by atoms with Crippen molar-refractivity contribution in [3.63, 3.8) is 0 Å². The lowest BCUT2D eigenvalue weighted by Crippen LogP contribution is -2.26. The minimum atomic E-state index is -0.996. The molecule has 0 spiro atoms. The molecule has 0 rings (SSSR count). The molecule has 0 aromatic heterocycles. The third kappa shape index (κ3) is 10.7. The van der Waals surface area contributed by atoms with Gasteiger partial charge in [-0.05, 0) is 31.4 Å². The first kappa shape index (κ1) is 24.2. The van der Waals surface area contributed by atoms with Crippen molar-refractivity contribution < 1.29 is 47.6 Å². The van der Waals surface area contributed by atoms with Crippen molar-refractivity contribution in [1.82, 2.24) is 0 Å². The van der Waals surface area contributed by atoms with Gasteiger partial charge in [0, 0.05) is 0 Å². The number of rotatable bonds is 11. The average molecular weight is 390 g/mol. The molecule has 10 heteroatoms. The van der Waals surface area contributed by atoms with Gasteiger partial charge in [0.2, 0.25) is 0 Å². The molecule has 0 aliphatic carbocycles. The summed E-state index contributed by atoms with van der Waals surface area (Å²) in [5.41, 5.74) is 0. The number of hydrogen-bond acceptors (Lipinski definition) is 10. The number of carbonyl (C=O) groups is 4. The van der Waals surface area contributed by atoms with Crippen LogP contribution in [0.5, 0.6) is 0 Å². The van der Waals surface area contributed by atoms with E-state index in [4.69, 9.17) is 4.74 Å². The summed E-state index contributed by atoms with van der Waals surface area (Å²) in [7, 11) is 4.76. The van der Waals surface area contributed by atoms with Crippen LogP contribution in [0.3, 0.4) is 0 Å². The normalized spacial score (nSPS) is 11.6. The molecule has 0 amide bonds. The van der Waals surface area contributed by atoms with Crippen molar-refractivity contribution in [3.05, 3.63) is 12.2 Å². The Balaban J connectivity index is 4.54. The third-order valence-electron chi connectivity index (χ3n) is 3.43. The van der Waals surface area contributed by atoms with Crippen LogP contribution < -0.4 is 0 Å². The number of carbonyl (C=O) groups excluding carboxylic acids is 4. The molecule has 1 atom stereocenters. The molecule has 10 nitrogen and oxygen atoms in total. The summed E-state index contributed by atoms with van der Waals surface area (Å²) < 4.78 is 27.7. The first-order valence-corrected chi connectivity index (χ1v) is 8.17. The van der Waals surface area contributed by atoms with E-state index in [1.165, 1.54) is 40.6 Å². The number of methoxy groups -OCH3 is 4. The van der Waals surface area contributed by atoms with Crippen molar-refractivity contribution in [1.29, 1.82) is 0 Å². The van der Waals surface area contributed by atoms with Crippen molar-refractivity contribution in [2.45, 2.75) is 31.8 Å². The monoisotopic (exact) mass is 390 g/mol. The van der Waals surface area contributed by atoms with Crippen molar-refractivity contribution in [3.8, 4) is 0 Å². The molecule has 0 aromatic carbocycles. The molecule has 0 aliphatic heterocycles. The highest BCUT2D eigenvalue weighted by atomic mass is 16.7. The van der Waals surface area contributed by atoms with Gasteiger partial charge in [-0.2, -0.15) is 0 Å². The highest BCUT2D eigenvalue weighted by molar-refractivity contribution is 5.94. The zero-order chi connectivity index (χ0) is 20.7. The molecule has 1 unspecified atom stereocenters. The quantitative estimate of drug-likeness (QED) is 0.170. The molecule has 0 aromatic rings. The molecule has 0 radical (unpaired) electrons. The molecule has 0 saturated carbocycles. The SMILES string of the molecule is COC(=O)OC/C=C/C(CCCCC(C(=O)OC)C(=O)OC)OC(=O)OC. The summed E-state index contributed by atoms with van der Waals surface area (Å²) in [6, 6.07) is 0. The fourth-order valence-electron chi connectivity index (χ4n) is 2.06. The van der Waals surface area contributed by atoms with Crippen LogP contribution in [0.2, 0.25) is 0 Å². The Bertz CT molecular complexity index is 498. The maximum Gasteiger partial charge on any atom is 0.508 e. The maximum atomic E-state index is 11.6. The molecular weight excluding hydrogens is 364 g/mol. The molecule has 27 heavy (non-hydrogen) atoms. The van der Waals surface area contributed by atoms with Crippen LogP contribution in [-0.4, -0.2) is 65.4 Å². The first-order valence-electron chi connectivity index (χ1n) is 8.17. The van der Waals surface area contributed by atoms with Crippen LogP contribution in [0.1, 0.15) is 25.7 Å². The fourth-order valence-corrected chi connectivity index (χ4v) is 2.06. The predicted molar refractivity (Wildman–Crippen MR) is 90.8 cm³/mol. The van der Waals surface area contributed by atoms with Gasteiger partial charge in [-0.1, -0.05) is 6.42 Å². The van der Waals surface area contributed by atoms with Crippen molar-refractivity contribution in [2.24, 2.45) is 5.92 Å². The summed E-state index contributed by atoms with van der Waals surface area (Å²) in [5, 5.41) is 0. The van der Waals surface area contributed by atoms with E-state index in [1.807, 2.05) is 0 Å². The van der Waals surface area contributed by atoms with E-state index in [2.05, 4.69) is 23.7 Å². The molecule has 0 saturated heterocycles. The third-order valence-corrected chi connectivity index (χ3v) is 3.43. The number of esters is 2. The van der Waals surface area contributed by atoms with Gasteiger partial charge in [-0.3, -0.25) is 9.59 Å². The van der Waals surface area contributed by atoms with Gasteiger partial charge in [-0.25, -0.2) is 9.59 Å². The second kappa shape index (κ2) is 14.4. The summed E-state index contributed by atoms with van der Waals surface area (Å²) >= 11 is 0. The Hall–Kier alpha value is -2.78. The van der Waals surface area contributed by atoms with Gasteiger partial charge in [0.15, 0.2) is 5.92 Å². The Morgan fingerprint density at radius 3 is 1.85 bits per heavy atom. The van der Waals surface area contributed by atoms with Gasteiger partial charge >= 0.3 is 24.2 Å².